The fraction of sp³-hybridized carbons (Fsp3) is 0.167. The normalized spacial score (nSPS) is 8.75. The molecule has 1 aromatic heterocycles. The largest absolute Gasteiger partial charge is 0.358 e. The molecular weight excluding hydrogens is 182 g/mol. The molecule has 0 saturated heterocycles. The van der Waals surface area contributed by atoms with Gasteiger partial charge < -0.3 is 10.1 Å². The lowest BCUT2D eigenvalue weighted by Gasteiger charge is -1.87. The molecule has 1 N–H and O–H groups in total. The third-order valence-electron chi connectivity index (χ3n) is 1.08. The summed E-state index contributed by atoms with van der Waals surface area (Å²) in [6.07, 6.45) is 1.22. The molecule has 5 nitrogen and oxygen atoms in total. The summed E-state index contributed by atoms with van der Waals surface area (Å²) in [7, 11) is 0. The van der Waals surface area contributed by atoms with Crippen LogP contribution in [0.4, 0.5) is 5.82 Å². The van der Waals surface area contributed by atoms with E-state index in [0.29, 0.717) is 0 Å². The van der Waals surface area contributed by atoms with Crippen molar-refractivity contribution in [3.63, 3.8) is 0 Å². The van der Waals surface area contributed by atoms with Crippen molar-refractivity contribution in [1.82, 2.24) is 9.97 Å². The van der Waals surface area contributed by atoms with Crippen LogP contribution in [0.5, 0.6) is 0 Å². The molecule has 1 aromatic rings. The van der Waals surface area contributed by atoms with Crippen molar-refractivity contribution in [3.05, 3.63) is 22.1 Å². The first-order chi connectivity index (χ1) is 5.75. The molecule has 0 radical (unpaired) electrons. The molecular formula is C6H4ClN3O2. The Balaban J connectivity index is 2.99. The molecule has 0 fully saturated rings. The standard InChI is InChI=1S/C6H4ClN3O2/c7-3-1-2-5-6(10(11)12)9-4-8-5/h4H,3H2,(H,8,9). The average Bonchev–Trinajstić information content (AvgIpc) is 2.48. The summed E-state index contributed by atoms with van der Waals surface area (Å²) < 4.78 is 0. The fourth-order valence-corrected chi connectivity index (χ4v) is 0.702. The van der Waals surface area contributed by atoms with Crippen LogP contribution in [-0.2, 0) is 0 Å². The number of nitrogens with one attached hydrogen (secondary N) is 1. The number of halogens is 1. The van der Waals surface area contributed by atoms with Gasteiger partial charge in [-0.1, -0.05) is 5.92 Å². The summed E-state index contributed by atoms with van der Waals surface area (Å²) in [6.45, 7) is 0. The third-order valence-corrected chi connectivity index (χ3v) is 1.21. The van der Waals surface area contributed by atoms with E-state index in [0.717, 1.165) is 0 Å². The van der Waals surface area contributed by atoms with Crippen LogP contribution >= 0.6 is 11.6 Å². The van der Waals surface area contributed by atoms with Crippen molar-refractivity contribution in [2.45, 2.75) is 0 Å². The highest BCUT2D eigenvalue weighted by Gasteiger charge is 2.11. The van der Waals surface area contributed by atoms with Crippen molar-refractivity contribution in [3.8, 4) is 11.8 Å². The number of H-pyrrole nitrogens is 1. The lowest BCUT2D eigenvalue weighted by Crippen LogP contribution is -1.90. The summed E-state index contributed by atoms with van der Waals surface area (Å²) in [5.41, 5.74) is 0.112. The third kappa shape index (κ3) is 1.74. The van der Waals surface area contributed by atoms with E-state index in [4.69, 9.17) is 11.6 Å². The molecule has 0 aliphatic rings. The summed E-state index contributed by atoms with van der Waals surface area (Å²) >= 11 is 5.27. The fourth-order valence-electron chi connectivity index (χ4n) is 0.635. The van der Waals surface area contributed by atoms with Crippen molar-refractivity contribution in [1.29, 1.82) is 0 Å². The topological polar surface area (TPSA) is 71.8 Å². The molecule has 0 spiro atoms. The van der Waals surface area contributed by atoms with Gasteiger partial charge in [0.15, 0.2) is 6.33 Å². The number of imidazole rings is 1. The molecule has 0 saturated carbocycles. The summed E-state index contributed by atoms with van der Waals surface area (Å²) in [4.78, 5) is 15.7. The van der Waals surface area contributed by atoms with Gasteiger partial charge in [0.05, 0.1) is 5.88 Å². The summed E-state index contributed by atoms with van der Waals surface area (Å²) in [5.74, 6) is 4.86. The molecule has 0 aliphatic carbocycles. The van der Waals surface area contributed by atoms with E-state index < -0.39 is 4.92 Å². The number of alkyl halides is 1. The van der Waals surface area contributed by atoms with Gasteiger partial charge in [0, 0.05) is 0 Å². The lowest BCUT2D eigenvalue weighted by molar-refractivity contribution is -0.389. The zero-order valence-corrected chi connectivity index (χ0v) is 6.63. The quantitative estimate of drug-likeness (QED) is 0.306. The lowest BCUT2D eigenvalue weighted by atomic mass is 10.4. The minimum Gasteiger partial charge on any atom is -0.358 e. The van der Waals surface area contributed by atoms with E-state index in [-0.39, 0.29) is 17.4 Å². The highest BCUT2D eigenvalue weighted by Crippen LogP contribution is 2.09. The Morgan fingerprint density at radius 1 is 1.83 bits per heavy atom. The van der Waals surface area contributed by atoms with Gasteiger partial charge in [-0.3, -0.25) is 0 Å². The monoisotopic (exact) mass is 185 g/mol. The molecule has 1 rings (SSSR count). The van der Waals surface area contributed by atoms with Crippen molar-refractivity contribution < 1.29 is 4.92 Å². The van der Waals surface area contributed by atoms with E-state index in [9.17, 15) is 10.1 Å². The maximum atomic E-state index is 10.3. The molecule has 1 heterocycles. The Bertz CT molecular complexity index is 349. The Hall–Kier alpha value is -1.54. The van der Waals surface area contributed by atoms with Crippen LogP contribution in [0.15, 0.2) is 6.33 Å². The van der Waals surface area contributed by atoms with Crippen LogP contribution in [0.25, 0.3) is 0 Å². The first-order valence-electron chi connectivity index (χ1n) is 2.98. The number of rotatable bonds is 1. The van der Waals surface area contributed by atoms with Gasteiger partial charge in [-0.2, -0.15) is 4.98 Å². The number of aromatic amines is 1. The van der Waals surface area contributed by atoms with Gasteiger partial charge >= 0.3 is 5.82 Å². The second kappa shape index (κ2) is 3.74. The smallest absolute Gasteiger partial charge is 0.356 e. The van der Waals surface area contributed by atoms with Crippen molar-refractivity contribution in [2.24, 2.45) is 0 Å². The Kier molecular flexibility index (Phi) is 2.66. The van der Waals surface area contributed by atoms with E-state index in [1.165, 1.54) is 6.33 Å². The van der Waals surface area contributed by atoms with Crippen LogP contribution in [0, 0.1) is 22.0 Å². The number of nitro groups is 1. The van der Waals surface area contributed by atoms with E-state index >= 15 is 0 Å². The van der Waals surface area contributed by atoms with Crippen LogP contribution in [0.3, 0.4) is 0 Å². The van der Waals surface area contributed by atoms with Crippen LogP contribution in [0.1, 0.15) is 5.69 Å². The minimum absolute atomic E-state index is 0.112. The Morgan fingerprint density at radius 2 is 2.58 bits per heavy atom. The summed E-state index contributed by atoms with van der Waals surface area (Å²) in [6, 6.07) is 0. The van der Waals surface area contributed by atoms with Gasteiger partial charge in [0.1, 0.15) is 0 Å². The van der Waals surface area contributed by atoms with Gasteiger partial charge in [-0.05, 0) is 10.8 Å². The van der Waals surface area contributed by atoms with Gasteiger partial charge in [-0.15, -0.1) is 11.6 Å². The number of hydrogen-bond donors (Lipinski definition) is 1. The van der Waals surface area contributed by atoms with Crippen LogP contribution < -0.4 is 0 Å². The molecule has 0 aliphatic heterocycles. The average molecular weight is 186 g/mol. The number of nitrogens with zero attached hydrogens (tertiary/aromatic N) is 2. The van der Waals surface area contributed by atoms with Gasteiger partial charge in [0.25, 0.3) is 0 Å². The number of aromatic nitrogens is 2. The molecule has 0 bridgehead atoms. The molecule has 0 amide bonds. The Labute approximate surface area is 72.9 Å². The number of hydrogen-bond acceptors (Lipinski definition) is 3. The minimum atomic E-state index is -0.578. The van der Waals surface area contributed by atoms with Crippen molar-refractivity contribution >= 4 is 17.4 Å². The highest BCUT2D eigenvalue weighted by atomic mass is 35.5. The van der Waals surface area contributed by atoms with Crippen molar-refractivity contribution in [2.75, 3.05) is 5.88 Å². The van der Waals surface area contributed by atoms with E-state index in [1.54, 1.807) is 0 Å². The Morgan fingerprint density at radius 3 is 3.17 bits per heavy atom. The maximum Gasteiger partial charge on any atom is 0.356 e. The predicted molar refractivity (Wildman–Crippen MR) is 42.8 cm³/mol. The first-order valence-corrected chi connectivity index (χ1v) is 3.51. The van der Waals surface area contributed by atoms with E-state index in [1.807, 2.05) is 0 Å². The summed E-state index contributed by atoms with van der Waals surface area (Å²) in [5, 5.41) is 10.3. The molecule has 12 heavy (non-hydrogen) atoms. The molecule has 0 atom stereocenters. The van der Waals surface area contributed by atoms with Gasteiger partial charge in [0.2, 0.25) is 5.69 Å². The molecule has 0 unspecified atom stereocenters. The zero-order valence-electron chi connectivity index (χ0n) is 5.87. The molecule has 0 aromatic carbocycles. The highest BCUT2D eigenvalue weighted by molar-refractivity contribution is 6.19. The SMILES string of the molecule is O=[N+]([O-])c1[nH]cnc1C#CCCl. The van der Waals surface area contributed by atoms with E-state index in [2.05, 4.69) is 21.8 Å². The van der Waals surface area contributed by atoms with Gasteiger partial charge in [-0.25, -0.2) is 4.98 Å². The second-order valence-corrected chi connectivity index (χ2v) is 2.06. The predicted octanol–water partition coefficient (Wildman–Crippen LogP) is 0.908. The first kappa shape index (κ1) is 8.56. The molecule has 6 heteroatoms. The second-order valence-electron chi connectivity index (χ2n) is 1.79. The maximum absolute atomic E-state index is 10.3. The molecule has 62 valence electrons. The van der Waals surface area contributed by atoms with Crippen LogP contribution in [0.2, 0.25) is 0 Å². The van der Waals surface area contributed by atoms with Crippen LogP contribution in [-0.4, -0.2) is 20.8 Å². The zero-order chi connectivity index (χ0) is 8.97.